The van der Waals surface area contributed by atoms with Gasteiger partial charge in [0.2, 0.25) is 5.82 Å². The van der Waals surface area contributed by atoms with Crippen molar-refractivity contribution in [3.8, 4) is 5.75 Å². The molecule has 31 heavy (non-hydrogen) atoms. The summed E-state index contributed by atoms with van der Waals surface area (Å²) in [7, 11) is 5.36. The van der Waals surface area contributed by atoms with Crippen LogP contribution in [-0.4, -0.2) is 65.4 Å². The van der Waals surface area contributed by atoms with Gasteiger partial charge in [-0.05, 0) is 5.56 Å². The standard InChI is InChI=1S/C21H23N7O3/c1-26(2)18-9-17-16(10-22-18)27(3)21(30)15(12-31-17)24-20(29)19-23-13-28(25-19)11-14-7-5-4-6-8-14/h4-10,13,15H,11-12H2,1-3H3,(H,24,29)/t15-/m0/s1. The molecule has 2 aromatic heterocycles. The molecule has 0 unspecified atom stereocenters. The first-order valence-electron chi connectivity index (χ1n) is 9.74. The molecule has 10 nitrogen and oxygen atoms in total. The lowest BCUT2D eigenvalue weighted by molar-refractivity contribution is -0.120. The second-order valence-electron chi connectivity index (χ2n) is 7.39. The Morgan fingerprint density at radius 3 is 2.77 bits per heavy atom. The van der Waals surface area contributed by atoms with Gasteiger partial charge in [0, 0.05) is 27.2 Å². The Kier molecular flexibility index (Phi) is 5.52. The number of hydrogen-bond donors (Lipinski definition) is 1. The molecule has 4 rings (SSSR count). The van der Waals surface area contributed by atoms with Crippen LogP contribution < -0.4 is 19.9 Å². The van der Waals surface area contributed by atoms with Crippen molar-refractivity contribution in [1.29, 1.82) is 0 Å². The fourth-order valence-electron chi connectivity index (χ4n) is 3.20. The molecule has 0 saturated carbocycles. The number of amides is 2. The van der Waals surface area contributed by atoms with Crippen molar-refractivity contribution in [2.24, 2.45) is 0 Å². The third-order valence-electron chi connectivity index (χ3n) is 4.92. The number of pyridine rings is 1. The number of carbonyl (C=O) groups is 2. The average Bonchev–Trinajstić information content (AvgIpc) is 3.20. The molecule has 1 atom stereocenters. The zero-order chi connectivity index (χ0) is 22.0. The van der Waals surface area contributed by atoms with E-state index >= 15 is 0 Å². The number of likely N-dealkylation sites (N-methyl/N-ethyl adjacent to an activating group) is 1. The van der Waals surface area contributed by atoms with Crippen LogP contribution in [0.4, 0.5) is 11.5 Å². The van der Waals surface area contributed by atoms with Gasteiger partial charge in [-0.1, -0.05) is 30.3 Å². The van der Waals surface area contributed by atoms with Gasteiger partial charge in [-0.2, -0.15) is 0 Å². The minimum atomic E-state index is -0.881. The van der Waals surface area contributed by atoms with Crippen LogP contribution in [0.5, 0.6) is 5.75 Å². The summed E-state index contributed by atoms with van der Waals surface area (Å²) >= 11 is 0. The highest BCUT2D eigenvalue weighted by atomic mass is 16.5. The van der Waals surface area contributed by atoms with Crippen molar-refractivity contribution in [3.05, 3.63) is 60.3 Å². The molecule has 0 saturated heterocycles. The van der Waals surface area contributed by atoms with Crippen LogP contribution in [0.2, 0.25) is 0 Å². The van der Waals surface area contributed by atoms with Gasteiger partial charge >= 0.3 is 0 Å². The van der Waals surface area contributed by atoms with Crippen molar-refractivity contribution < 1.29 is 14.3 Å². The van der Waals surface area contributed by atoms with Crippen LogP contribution in [0, 0.1) is 0 Å². The zero-order valence-corrected chi connectivity index (χ0v) is 17.5. The molecule has 0 spiro atoms. The molecule has 10 heteroatoms. The van der Waals surface area contributed by atoms with Crippen LogP contribution in [0.15, 0.2) is 48.9 Å². The highest BCUT2D eigenvalue weighted by Gasteiger charge is 2.32. The van der Waals surface area contributed by atoms with E-state index in [1.54, 1.807) is 24.0 Å². The minimum Gasteiger partial charge on any atom is -0.488 e. The Morgan fingerprint density at radius 1 is 1.26 bits per heavy atom. The molecule has 0 fully saturated rings. The monoisotopic (exact) mass is 421 g/mol. The second-order valence-corrected chi connectivity index (χ2v) is 7.39. The quantitative estimate of drug-likeness (QED) is 0.654. The Morgan fingerprint density at radius 2 is 2.03 bits per heavy atom. The molecule has 3 aromatic rings. The molecule has 0 bridgehead atoms. The third kappa shape index (κ3) is 4.32. The minimum absolute atomic E-state index is 0.00953. The van der Waals surface area contributed by atoms with E-state index in [0.717, 1.165) is 5.56 Å². The number of nitrogens with zero attached hydrogens (tertiary/aromatic N) is 6. The zero-order valence-electron chi connectivity index (χ0n) is 17.5. The van der Waals surface area contributed by atoms with Crippen molar-refractivity contribution in [2.75, 3.05) is 37.5 Å². The highest BCUT2D eigenvalue weighted by molar-refractivity contribution is 6.02. The number of benzene rings is 1. The Labute approximate surface area is 179 Å². The number of aromatic nitrogens is 4. The van der Waals surface area contributed by atoms with E-state index < -0.39 is 11.9 Å². The summed E-state index contributed by atoms with van der Waals surface area (Å²) in [6.45, 7) is 0.482. The molecule has 3 heterocycles. The molecule has 0 aliphatic carbocycles. The summed E-state index contributed by atoms with van der Waals surface area (Å²) in [6, 6.07) is 10.6. The molecule has 1 aliphatic rings. The predicted octanol–water partition coefficient (Wildman–Crippen LogP) is 0.941. The van der Waals surface area contributed by atoms with Crippen LogP contribution in [0.25, 0.3) is 0 Å². The van der Waals surface area contributed by atoms with Crippen molar-refractivity contribution >= 4 is 23.3 Å². The van der Waals surface area contributed by atoms with Crippen LogP contribution in [0.1, 0.15) is 16.2 Å². The van der Waals surface area contributed by atoms with Gasteiger partial charge in [0.15, 0.2) is 0 Å². The molecule has 0 radical (unpaired) electrons. The normalized spacial score (nSPS) is 15.6. The Balaban J connectivity index is 1.46. The largest absolute Gasteiger partial charge is 0.488 e. The summed E-state index contributed by atoms with van der Waals surface area (Å²) in [5, 5.41) is 6.90. The fraction of sp³-hybridized carbons (Fsp3) is 0.286. The molecule has 160 valence electrons. The number of anilines is 2. The predicted molar refractivity (Wildman–Crippen MR) is 114 cm³/mol. The van der Waals surface area contributed by atoms with Gasteiger partial charge in [-0.3, -0.25) is 9.59 Å². The first-order chi connectivity index (χ1) is 14.9. The topological polar surface area (TPSA) is 105 Å². The van der Waals surface area contributed by atoms with Crippen LogP contribution in [0.3, 0.4) is 0 Å². The van der Waals surface area contributed by atoms with E-state index in [2.05, 4.69) is 20.4 Å². The molecule has 1 aliphatic heterocycles. The molecule has 1 N–H and O–H groups in total. The molecule has 1 aromatic carbocycles. The first kappa shape index (κ1) is 20.3. The summed E-state index contributed by atoms with van der Waals surface area (Å²) in [6.07, 6.45) is 3.07. The lowest BCUT2D eigenvalue weighted by atomic mass is 10.2. The lowest BCUT2D eigenvalue weighted by Crippen LogP contribution is -2.49. The average molecular weight is 421 g/mol. The van der Waals surface area contributed by atoms with E-state index in [-0.39, 0.29) is 18.3 Å². The summed E-state index contributed by atoms with van der Waals surface area (Å²) in [5.41, 5.74) is 1.58. The van der Waals surface area contributed by atoms with Crippen LogP contribution >= 0.6 is 0 Å². The Bertz CT molecular complexity index is 1100. The number of nitrogens with one attached hydrogen (secondary N) is 1. The lowest BCUT2D eigenvalue weighted by Gasteiger charge is -2.20. The summed E-state index contributed by atoms with van der Waals surface area (Å²) in [5.74, 6) is 0.368. The number of rotatable bonds is 5. The van der Waals surface area contributed by atoms with Gasteiger partial charge in [0.05, 0.1) is 12.7 Å². The van der Waals surface area contributed by atoms with E-state index in [4.69, 9.17) is 4.74 Å². The van der Waals surface area contributed by atoms with Crippen molar-refractivity contribution in [2.45, 2.75) is 12.6 Å². The maximum Gasteiger partial charge on any atom is 0.291 e. The van der Waals surface area contributed by atoms with Crippen molar-refractivity contribution in [3.63, 3.8) is 0 Å². The van der Waals surface area contributed by atoms with Gasteiger partial charge in [-0.25, -0.2) is 14.6 Å². The van der Waals surface area contributed by atoms with E-state index in [1.165, 1.54) is 11.2 Å². The summed E-state index contributed by atoms with van der Waals surface area (Å²) < 4.78 is 7.40. The highest BCUT2D eigenvalue weighted by Crippen LogP contribution is 2.32. The van der Waals surface area contributed by atoms with Gasteiger partial charge in [-0.15, -0.1) is 5.10 Å². The van der Waals surface area contributed by atoms with E-state index in [1.807, 2.05) is 49.3 Å². The first-order valence-corrected chi connectivity index (χ1v) is 9.74. The number of ether oxygens (including phenoxy) is 1. The van der Waals surface area contributed by atoms with E-state index in [9.17, 15) is 9.59 Å². The van der Waals surface area contributed by atoms with Crippen molar-refractivity contribution in [1.82, 2.24) is 25.1 Å². The Hall–Kier alpha value is -3.95. The number of carbonyl (C=O) groups excluding carboxylic acids is 2. The SMILES string of the molecule is CN(C)c1cc2c(cn1)N(C)C(=O)[C@@H](NC(=O)c1ncn(Cc3ccccc3)n1)CO2. The second kappa shape index (κ2) is 8.42. The molecule has 2 amide bonds. The maximum absolute atomic E-state index is 12.9. The van der Waals surface area contributed by atoms with Gasteiger partial charge < -0.3 is 19.9 Å². The fourth-order valence-corrected chi connectivity index (χ4v) is 3.20. The third-order valence-corrected chi connectivity index (χ3v) is 4.92. The maximum atomic E-state index is 12.9. The van der Waals surface area contributed by atoms with E-state index in [0.29, 0.717) is 23.8 Å². The smallest absolute Gasteiger partial charge is 0.291 e. The van der Waals surface area contributed by atoms with Gasteiger partial charge in [0.1, 0.15) is 36.2 Å². The van der Waals surface area contributed by atoms with Crippen LogP contribution in [-0.2, 0) is 11.3 Å². The molecular weight excluding hydrogens is 398 g/mol. The number of hydrogen-bond acceptors (Lipinski definition) is 7. The molecular formula is C21H23N7O3. The summed E-state index contributed by atoms with van der Waals surface area (Å²) in [4.78, 5) is 37.2. The van der Waals surface area contributed by atoms with Gasteiger partial charge in [0.25, 0.3) is 11.8 Å². The number of fused-ring (bicyclic) bond motifs is 1.